The van der Waals surface area contributed by atoms with Crippen LogP contribution in [0.25, 0.3) is 22.0 Å². The van der Waals surface area contributed by atoms with Gasteiger partial charge >= 0.3 is 5.69 Å². The maximum atomic E-state index is 13.5. The number of furan rings is 1. The normalized spacial score (nSPS) is 12.4. The lowest BCUT2D eigenvalue weighted by Crippen LogP contribution is -2.37. The van der Waals surface area contributed by atoms with Gasteiger partial charge in [-0.2, -0.15) is 0 Å². The summed E-state index contributed by atoms with van der Waals surface area (Å²) in [5, 5.41) is 3.61. The minimum Gasteiger partial charge on any atom is -0.459 e. The van der Waals surface area contributed by atoms with E-state index in [0.29, 0.717) is 16.7 Å². The van der Waals surface area contributed by atoms with E-state index in [1.54, 1.807) is 19.9 Å². The maximum Gasteiger partial charge on any atom is 0.332 e. The summed E-state index contributed by atoms with van der Waals surface area (Å²) < 4.78 is 21.5. The third kappa shape index (κ3) is 2.99. The molecule has 1 unspecified atom stereocenters. The van der Waals surface area contributed by atoms with Crippen molar-refractivity contribution in [1.82, 2.24) is 19.4 Å². The molecular formula is C21H19FN4O4. The standard InChI is InChI=1S/C21H19FN4O4/c1-10-14-8-13(22)5-6-16(14)30-17(10)11(2)24-19(27)12-7-15-18(23-9-12)25(3)21(29)26(4)20(15)28/h5-9,11H,1-4H3,(H,24,27). The van der Waals surface area contributed by atoms with Crippen LogP contribution in [0.2, 0.25) is 0 Å². The van der Waals surface area contributed by atoms with Gasteiger partial charge in [0.15, 0.2) is 0 Å². The third-order valence-electron chi connectivity index (χ3n) is 5.23. The van der Waals surface area contributed by atoms with E-state index in [1.807, 2.05) is 0 Å². The van der Waals surface area contributed by atoms with Crippen molar-refractivity contribution in [3.05, 3.63) is 74.0 Å². The zero-order valence-corrected chi connectivity index (χ0v) is 16.8. The first-order chi connectivity index (χ1) is 14.2. The predicted molar refractivity (Wildman–Crippen MR) is 109 cm³/mol. The van der Waals surface area contributed by atoms with Crippen LogP contribution >= 0.6 is 0 Å². The number of aromatic nitrogens is 3. The molecule has 1 amide bonds. The summed E-state index contributed by atoms with van der Waals surface area (Å²) in [4.78, 5) is 41.3. The van der Waals surface area contributed by atoms with Crippen LogP contribution in [-0.4, -0.2) is 20.0 Å². The van der Waals surface area contributed by atoms with Crippen LogP contribution in [0.15, 0.2) is 44.5 Å². The molecule has 0 fully saturated rings. The minimum absolute atomic E-state index is 0.162. The summed E-state index contributed by atoms with van der Waals surface area (Å²) in [6.45, 7) is 3.54. The molecule has 0 spiro atoms. The van der Waals surface area contributed by atoms with Crippen LogP contribution in [0.1, 0.15) is 34.6 Å². The molecule has 1 aromatic carbocycles. The zero-order valence-electron chi connectivity index (χ0n) is 16.8. The monoisotopic (exact) mass is 410 g/mol. The Labute approximate surface area is 169 Å². The first kappa shape index (κ1) is 19.6. The number of halogens is 1. The summed E-state index contributed by atoms with van der Waals surface area (Å²) >= 11 is 0. The van der Waals surface area contributed by atoms with E-state index >= 15 is 0 Å². The Kier molecular flexibility index (Phi) is 4.53. The SMILES string of the molecule is Cc1c(C(C)NC(=O)c2cnc3c(c2)c(=O)n(C)c(=O)n3C)oc2ccc(F)cc12. The fourth-order valence-electron chi connectivity index (χ4n) is 3.56. The molecule has 9 heteroatoms. The summed E-state index contributed by atoms with van der Waals surface area (Å²) in [5.41, 5.74) is 0.605. The van der Waals surface area contributed by atoms with Gasteiger partial charge in [-0.05, 0) is 38.1 Å². The molecule has 4 aromatic rings. The Bertz CT molecular complexity index is 1450. The quantitative estimate of drug-likeness (QED) is 0.559. The molecule has 4 rings (SSSR count). The molecular weight excluding hydrogens is 391 g/mol. The summed E-state index contributed by atoms with van der Waals surface area (Å²) in [7, 11) is 2.87. The number of pyridine rings is 1. The molecule has 154 valence electrons. The molecule has 0 aliphatic heterocycles. The second-order valence-corrected chi connectivity index (χ2v) is 7.23. The van der Waals surface area contributed by atoms with E-state index in [2.05, 4.69) is 10.3 Å². The Morgan fingerprint density at radius 2 is 1.90 bits per heavy atom. The lowest BCUT2D eigenvalue weighted by Gasteiger charge is -2.13. The van der Waals surface area contributed by atoms with Crippen LogP contribution in [0.3, 0.4) is 0 Å². The van der Waals surface area contributed by atoms with Crippen LogP contribution in [-0.2, 0) is 14.1 Å². The molecule has 0 aliphatic carbocycles. The van der Waals surface area contributed by atoms with E-state index in [0.717, 1.165) is 10.1 Å². The van der Waals surface area contributed by atoms with Gasteiger partial charge in [-0.15, -0.1) is 0 Å². The molecule has 1 N–H and O–H groups in total. The number of carbonyl (C=O) groups excluding carboxylic acids is 1. The molecule has 0 saturated carbocycles. The van der Waals surface area contributed by atoms with Gasteiger partial charge in [-0.1, -0.05) is 0 Å². The van der Waals surface area contributed by atoms with Crippen molar-refractivity contribution in [3.8, 4) is 0 Å². The fraction of sp³-hybridized carbons (Fsp3) is 0.238. The van der Waals surface area contributed by atoms with Crippen LogP contribution < -0.4 is 16.6 Å². The van der Waals surface area contributed by atoms with Crippen molar-refractivity contribution in [1.29, 1.82) is 0 Å². The number of fused-ring (bicyclic) bond motifs is 2. The highest BCUT2D eigenvalue weighted by Gasteiger charge is 2.20. The second-order valence-electron chi connectivity index (χ2n) is 7.23. The van der Waals surface area contributed by atoms with E-state index < -0.39 is 23.2 Å². The average Bonchev–Trinajstić information content (AvgIpc) is 3.06. The highest BCUT2D eigenvalue weighted by molar-refractivity contribution is 5.97. The number of nitrogens with one attached hydrogen (secondary N) is 1. The highest BCUT2D eigenvalue weighted by Crippen LogP contribution is 2.30. The number of hydrogen-bond acceptors (Lipinski definition) is 5. The molecule has 1 atom stereocenters. The molecule has 3 aromatic heterocycles. The number of amides is 1. The number of hydrogen-bond donors (Lipinski definition) is 1. The molecule has 0 radical (unpaired) electrons. The zero-order chi connectivity index (χ0) is 21.7. The number of nitrogens with zero attached hydrogens (tertiary/aromatic N) is 3. The average molecular weight is 410 g/mol. The van der Waals surface area contributed by atoms with E-state index in [1.165, 1.54) is 43.1 Å². The number of rotatable bonds is 3. The first-order valence-corrected chi connectivity index (χ1v) is 9.24. The Hall–Kier alpha value is -3.75. The van der Waals surface area contributed by atoms with Gasteiger partial charge in [0.1, 0.15) is 22.8 Å². The van der Waals surface area contributed by atoms with Gasteiger partial charge in [0, 0.05) is 31.2 Å². The fourth-order valence-corrected chi connectivity index (χ4v) is 3.56. The molecule has 8 nitrogen and oxygen atoms in total. The van der Waals surface area contributed by atoms with Gasteiger partial charge in [0.05, 0.1) is 17.0 Å². The van der Waals surface area contributed by atoms with Crippen molar-refractivity contribution >= 4 is 27.9 Å². The van der Waals surface area contributed by atoms with Crippen molar-refractivity contribution < 1.29 is 13.6 Å². The summed E-state index contributed by atoms with van der Waals surface area (Å²) in [6.07, 6.45) is 1.31. The van der Waals surface area contributed by atoms with Gasteiger partial charge in [-0.25, -0.2) is 14.2 Å². The molecule has 3 heterocycles. The van der Waals surface area contributed by atoms with Crippen molar-refractivity contribution in [2.75, 3.05) is 0 Å². The third-order valence-corrected chi connectivity index (χ3v) is 5.23. The van der Waals surface area contributed by atoms with Gasteiger partial charge < -0.3 is 9.73 Å². The maximum absolute atomic E-state index is 13.5. The number of aryl methyl sites for hydroxylation is 2. The predicted octanol–water partition coefficient (Wildman–Crippen LogP) is 2.32. The largest absolute Gasteiger partial charge is 0.459 e. The Morgan fingerprint density at radius 3 is 2.63 bits per heavy atom. The van der Waals surface area contributed by atoms with Crippen molar-refractivity contribution in [2.45, 2.75) is 19.9 Å². The minimum atomic E-state index is -0.529. The van der Waals surface area contributed by atoms with Crippen molar-refractivity contribution in [2.24, 2.45) is 14.1 Å². The summed E-state index contributed by atoms with van der Waals surface area (Å²) in [6, 6.07) is 5.15. The molecule has 0 bridgehead atoms. The lowest BCUT2D eigenvalue weighted by molar-refractivity contribution is 0.0935. The van der Waals surface area contributed by atoms with Gasteiger partial charge in [-0.3, -0.25) is 18.7 Å². The number of carbonyl (C=O) groups is 1. The van der Waals surface area contributed by atoms with Gasteiger partial charge in [0.2, 0.25) is 0 Å². The summed E-state index contributed by atoms with van der Waals surface area (Å²) in [5.74, 6) is -0.317. The highest BCUT2D eigenvalue weighted by atomic mass is 19.1. The lowest BCUT2D eigenvalue weighted by atomic mass is 10.1. The topological polar surface area (TPSA) is 99.1 Å². The van der Waals surface area contributed by atoms with Crippen molar-refractivity contribution in [3.63, 3.8) is 0 Å². The van der Waals surface area contributed by atoms with Crippen LogP contribution in [0.4, 0.5) is 4.39 Å². The first-order valence-electron chi connectivity index (χ1n) is 9.24. The molecule has 30 heavy (non-hydrogen) atoms. The van der Waals surface area contributed by atoms with E-state index in [9.17, 15) is 18.8 Å². The van der Waals surface area contributed by atoms with E-state index in [4.69, 9.17) is 4.42 Å². The number of benzene rings is 1. The smallest absolute Gasteiger partial charge is 0.332 e. The second kappa shape index (κ2) is 6.94. The van der Waals surface area contributed by atoms with Crippen LogP contribution in [0, 0.1) is 12.7 Å². The molecule has 0 aliphatic rings. The van der Waals surface area contributed by atoms with E-state index in [-0.39, 0.29) is 22.4 Å². The van der Waals surface area contributed by atoms with Crippen LogP contribution in [0.5, 0.6) is 0 Å². The van der Waals surface area contributed by atoms with Gasteiger partial charge in [0.25, 0.3) is 11.5 Å². The Balaban J connectivity index is 1.69. The Morgan fingerprint density at radius 1 is 1.17 bits per heavy atom. The molecule has 0 saturated heterocycles.